The second-order valence-corrected chi connectivity index (χ2v) is 8.20. The average Bonchev–Trinajstić information content (AvgIpc) is 3.15. The van der Waals surface area contributed by atoms with E-state index in [0.717, 1.165) is 25.1 Å². The van der Waals surface area contributed by atoms with Crippen molar-refractivity contribution in [2.24, 2.45) is 10.9 Å². The predicted molar refractivity (Wildman–Crippen MR) is 141 cm³/mol. The second kappa shape index (κ2) is 13.6. The van der Waals surface area contributed by atoms with Crippen LogP contribution in [0.2, 0.25) is 5.02 Å². The highest BCUT2D eigenvalue weighted by Crippen LogP contribution is 2.20. The van der Waals surface area contributed by atoms with Crippen LogP contribution in [0.25, 0.3) is 0 Å². The molecule has 1 heterocycles. The minimum absolute atomic E-state index is 0. The number of methoxy groups -OCH3 is 1. The third kappa shape index (κ3) is 7.94. The quantitative estimate of drug-likeness (QED) is 0.273. The number of carbonyl (C=O) groups is 1. The van der Waals surface area contributed by atoms with Crippen LogP contribution in [0, 0.1) is 5.92 Å². The Morgan fingerprint density at radius 3 is 2.69 bits per heavy atom. The van der Waals surface area contributed by atoms with Crippen molar-refractivity contribution in [2.45, 2.75) is 18.9 Å². The van der Waals surface area contributed by atoms with Gasteiger partial charge in [0.05, 0.1) is 6.10 Å². The van der Waals surface area contributed by atoms with Crippen LogP contribution in [-0.2, 0) is 16.0 Å². The van der Waals surface area contributed by atoms with Gasteiger partial charge in [0.25, 0.3) is 0 Å². The zero-order valence-corrected chi connectivity index (χ0v) is 21.7. The highest BCUT2D eigenvalue weighted by atomic mass is 127. The zero-order chi connectivity index (χ0) is 22.1. The van der Waals surface area contributed by atoms with Crippen LogP contribution in [0.4, 0.5) is 0 Å². The number of aliphatic imine (C=N–C) groups is 1. The first-order valence-electron chi connectivity index (χ1n) is 10.6. The van der Waals surface area contributed by atoms with E-state index in [-0.39, 0.29) is 41.9 Å². The molecule has 1 saturated heterocycles. The molecule has 1 aliphatic heterocycles. The summed E-state index contributed by atoms with van der Waals surface area (Å²) in [6, 6.07) is 17.9. The number of amides is 1. The molecule has 1 amide bonds. The van der Waals surface area contributed by atoms with Gasteiger partial charge in [-0.25, -0.2) is 0 Å². The number of rotatable bonds is 9. The summed E-state index contributed by atoms with van der Waals surface area (Å²) in [5.74, 6) is 1.19. The molecule has 2 atom stereocenters. The minimum atomic E-state index is -0.140. The summed E-state index contributed by atoms with van der Waals surface area (Å²) < 4.78 is 5.60. The number of ether oxygens (including phenoxy) is 1. The van der Waals surface area contributed by atoms with Crippen molar-refractivity contribution in [3.63, 3.8) is 0 Å². The fourth-order valence-corrected chi connectivity index (χ4v) is 4.01. The van der Waals surface area contributed by atoms with Gasteiger partial charge in [0.2, 0.25) is 5.91 Å². The molecule has 2 N–H and O–H groups in total. The SMILES string of the molecule is CN=C(NCC1CC(=O)N(CCc2ccccc2)C1)NCC(OC)c1cccc(Cl)c1.I. The summed E-state index contributed by atoms with van der Waals surface area (Å²) in [6.07, 6.45) is 1.32. The molecular weight excluding hydrogens is 539 g/mol. The summed E-state index contributed by atoms with van der Waals surface area (Å²) in [5.41, 5.74) is 2.27. The summed E-state index contributed by atoms with van der Waals surface area (Å²) in [7, 11) is 3.42. The molecule has 32 heavy (non-hydrogen) atoms. The van der Waals surface area contributed by atoms with E-state index in [4.69, 9.17) is 16.3 Å². The van der Waals surface area contributed by atoms with Gasteiger partial charge in [-0.2, -0.15) is 0 Å². The van der Waals surface area contributed by atoms with Crippen molar-refractivity contribution in [3.05, 3.63) is 70.7 Å². The number of hydrogen-bond acceptors (Lipinski definition) is 3. The van der Waals surface area contributed by atoms with Gasteiger partial charge >= 0.3 is 0 Å². The van der Waals surface area contributed by atoms with Crippen LogP contribution >= 0.6 is 35.6 Å². The van der Waals surface area contributed by atoms with Crippen molar-refractivity contribution < 1.29 is 9.53 Å². The van der Waals surface area contributed by atoms with Gasteiger partial charge in [-0.3, -0.25) is 9.79 Å². The molecule has 8 heteroatoms. The smallest absolute Gasteiger partial charge is 0.223 e. The molecule has 2 unspecified atom stereocenters. The molecule has 0 radical (unpaired) electrons. The topological polar surface area (TPSA) is 66.0 Å². The average molecular weight is 571 g/mol. The number of hydrogen-bond donors (Lipinski definition) is 2. The number of nitrogens with zero attached hydrogens (tertiary/aromatic N) is 2. The molecule has 2 aromatic rings. The molecule has 0 aromatic heterocycles. The Morgan fingerprint density at radius 2 is 2.00 bits per heavy atom. The highest BCUT2D eigenvalue weighted by Gasteiger charge is 2.29. The maximum atomic E-state index is 12.4. The van der Waals surface area contributed by atoms with Crippen molar-refractivity contribution in [2.75, 3.05) is 40.3 Å². The molecule has 3 rings (SSSR count). The van der Waals surface area contributed by atoms with Gasteiger partial charge in [0.15, 0.2) is 5.96 Å². The number of carbonyl (C=O) groups excluding carboxylic acids is 1. The van der Waals surface area contributed by atoms with Gasteiger partial charge in [0.1, 0.15) is 0 Å². The number of benzene rings is 2. The normalized spacial score (nSPS) is 17.1. The molecule has 6 nitrogen and oxygen atoms in total. The van der Waals surface area contributed by atoms with Crippen molar-refractivity contribution in [3.8, 4) is 0 Å². The van der Waals surface area contributed by atoms with Crippen molar-refractivity contribution >= 4 is 47.4 Å². The Kier molecular flexibility index (Phi) is 11.3. The molecule has 1 fully saturated rings. The number of guanidine groups is 1. The van der Waals surface area contributed by atoms with Crippen molar-refractivity contribution in [1.29, 1.82) is 0 Å². The third-order valence-corrected chi connectivity index (χ3v) is 5.78. The number of halogens is 2. The van der Waals surface area contributed by atoms with Crippen LogP contribution in [-0.4, -0.2) is 57.1 Å². The van der Waals surface area contributed by atoms with Gasteiger partial charge < -0.3 is 20.3 Å². The number of likely N-dealkylation sites (tertiary alicyclic amines) is 1. The van der Waals surface area contributed by atoms with Gasteiger partial charge in [-0.1, -0.05) is 54.1 Å². The maximum absolute atomic E-state index is 12.4. The van der Waals surface area contributed by atoms with Crippen molar-refractivity contribution in [1.82, 2.24) is 15.5 Å². The van der Waals surface area contributed by atoms with Crippen LogP contribution in [0.5, 0.6) is 0 Å². The summed E-state index contributed by atoms with van der Waals surface area (Å²) in [6.45, 7) is 2.80. The van der Waals surface area contributed by atoms with E-state index in [9.17, 15) is 4.79 Å². The fourth-order valence-electron chi connectivity index (χ4n) is 3.81. The zero-order valence-electron chi connectivity index (χ0n) is 18.6. The molecule has 0 bridgehead atoms. The molecule has 174 valence electrons. The van der Waals surface area contributed by atoms with Crippen LogP contribution < -0.4 is 10.6 Å². The lowest BCUT2D eigenvalue weighted by Crippen LogP contribution is -2.42. The van der Waals surface area contributed by atoms with E-state index >= 15 is 0 Å². The Labute approximate surface area is 212 Å². The van der Waals surface area contributed by atoms with E-state index in [0.29, 0.717) is 30.5 Å². The Morgan fingerprint density at radius 1 is 1.22 bits per heavy atom. The predicted octanol–water partition coefficient (Wildman–Crippen LogP) is 3.90. The van der Waals surface area contributed by atoms with Gasteiger partial charge in [-0.15, -0.1) is 24.0 Å². The monoisotopic (exact) mass is 570 g/mol. The van der Waals surface area contributed by atoms with E-state index < -0.39 is 0 Å². The lowest BCUT2D eigenvalue weighted by atomic mass is 10.1. The maximum Gasteiger partial charge on any atom is 0.223 e. The fraction of sp³-hybridized carbons (Fsp3) is 0.417. The Bertz CT molecular complexity index is 881. The molecule has 1 aliphatic rings. The van der Waals surface area contributed by atoms with E-state index in [1.807, 2.05) is 47.4 Å². The molecule has 0 saturated carbocycles. The lowest BCUT2D eigenvalue weighted by molar-refractivity contribution is -0.127. The Balaban J connectivity index is 0.00000363. The summed E-state index contributed by atoms with van der Waals surface area (Å²) in [4.78, 5) is 18.6. The first kappa shape index (κ1) is 26.4. The minimum Gasteiger partial charge on any atom is -0.375 e. The summed E-state index contributed by atoms with van der Waals surface area (Å²) in [5, 5.41) is 7.34. The van der Waals surface area contributed by atoms with E-state index in [1.54, 1.807) is 14.2 Å². The standard InChI is InChI=1S/C24H31ClN4O2.HI/c1-26-24(28-16-22(31-2)20-9-6-10-21(25)14-20)27-15-19-13-23(30)29(17-19)12-11-18-7-4-3-5-8-18;/h3-10,14,19,22H,11-13,15-17H2,1-2H3,(H2,26,27,28);1H. The third-order valence-electron chi connectivity index (χ3n) is 5.55. The van der Waals surface area contributed by atoms with Gasteiger partial charge in [-0.05, 0) is 29.7 Å². The second-order valence-electron chi connectivity index (χ2n) is 7.76. The van der Waals surface area contributed by atoms with Crippen LogP contribution in [0.1, 0.15) is 23.7 Å². The lowest BCUT2D eigenvalue weighted by Gasteiger charge is -2.20. The molecule has 0 aliphatic carbocycles. The molecule has 0 spiro atoms. The highest BCUT2D eigenvalue weighted by molar-refractivity contribution is 14.0. The number of nitrogens with one attached hydrogen (secondary N) is 2. The Hall–Kier alpha value is -1.84. The molecule has 2 aromatic carbocycles. The van der Waals surface area contributed by atoms with Gasteiger partial charge in [0, 0.05) is 57.7 Å². The first-order chi connectivity index (χ1) is 15.1. The van der Waals surface area contributed by atoms with Crippen LogP contribution in [0.3, 0.4) is 0 Å². The summed E-state index contributed by atoms with van der Waals surface area (Å²) >= 11 is 6.10. The largest absolute Gasteiger partial charge is 0.375 e. The first-order valence-corrected chi connectivity index (χ1v) is 11.0. The molecular formula is C24H32ClIN4O2. The van der Waals surface area contributed by atoms with Crippen LogP contribution in [0.15, 0.2) is 59.6 Å². The van der Waals surface area contributed by atoms with E-state index in [1.165, 1.54) is 5.56 Å². The van der Waals surface area contributed by atoms with E-state index in [2.05, 4.69) is 27.8 Å².